The fraction of sp³-hybridized carbons (Fsp3) is 0.667. The van der Waals surface area contributed by atoms with E-state index in [9.17, 15) is 9.90 Å². The molecule has 0 unspecified atom stereocenters. The number of ketones is 1. The average Bonchev–Trinajstić information content (AvgIpc) is 2.64. The SMILES string of the molecule is CC(C)(O)CN1CCC(F)(CCC(=O)c2cc(Br)c(N)c3c2OCCC3)CC1. The van der Waals surface area contributed by atoms with Crippen LogP contribution in [-0.2, 0) is 6.42 Å². The third-order valence-corrected chi connectivity index (χ3v) is 6.31. The van der Waals surface area contributed by atoms with Gasteiger partial charge in [0, 0.05) is 36.1 Å². The zero-order chi connectivity index (χ0) is 20.5. The lowest BCUT2D eigenvalue weighted by Gasteiger charge is -2.38. The Hall–Kier alpha value is -1.18. The number of halogens is 2. The predicted molar refractivity (Wildman–Crippen MR) is 112 cm³/mol. The number of nitrogens with zero attached hydrogens (tertiary/aromatic N) is 1. The van der Waals surface area contributed by atoms with Crippen molar-refractivity contribution in [2.75, 3.05) is 32.0 Å². The highest BCUT2D eigenvalue weighted by molar-refractivity contribution is 9.10. The van der Waals surface area contributed by atoms with E-state index in [1.165, 1.54) is 0 Å². The van der Waals surface area contributed by atoms with Crippen LogP contribution in [0.5, 0.6) is 5.75 Å². The summed E-state index contributed by atoms with van der Waals surface area (Å²) in [5, 5.41) is 9.94. The van der Waals surface area contributed by atoms with E-state index in [4.69, 9.17) is 10.5 Å². The monoisotopic (exact) mass is 456 g/mol. The molecule has 1 saturated heterocycles. The van der Waals surface area contributed by atoms with E-state index in [1.807, 2.05) is 0 Å². The van der Waals surface area contributed by atoms with Crippen molar-refractivity contribution >= 4 is 27.4 Å². The van der Waals surface area contributed by atoms with Crippen LogP contribution in [0.1, 0.15) is 61.9 Å². The number of carbonyl (C=O) groups excluding carboxylic acids is 1. The van der Waals surface area contributed by atoms with E-state index in [0.717, 1.165) is 18.4 Å². The topological polar surface area (TPSA) is 75.8 Å². The predicted octanol–water partition coefficient (Wildman–Crippen LogP) is 3.89. The van der Waals surface area contributed by atoms with Crippen LogP contribution in [0, 0.1) is 0 Å². The summed E-state index contributed by atoms with van der Waals surface area (Å²) in [5.41, 5.74) is 5.99. The van der Waals surface area contributed by atoms with Gasteiger partial charge in [-0.25, -0.2) is 4.39 Å². The highest BCUT2D eigenvalue weighted by Crippen LogP contribution is 2.40. The van der Waals surface area contributed by atoms with Crippen LogP contribution in [0.4, 0.5) is 10.1 Å². The van der Waals surface area contributed by atoms with E-state index >= 15 is 4.39 Å². The molecule has 0 aliphatic carbocycles. The number of carbonyl (C=O) groups is 1. The van der Waals surface area contributed by atoms with Crippen molar-refractivity contribution in [3.05, 3.63) is 21.7 Å². The average molecular weight is 457 g/mol. The number of fused-ring (bicyclic) bond motifs is 1. The highest BCUT2D eigenvalue weighted by Gasteiger charge is 2.36. The van der Waals surface area contributed by atoms with E-state index in [0.29, 0.717) is 60.6 Å². The Morgan fingerprint density at radius 2 is 2.11 bits per heavy atom. The number of rotatable bonds is 6. The molecule has 2 aliphatic rings. The van der Waals surface area contributed by atoms with Crippen LogP contribution in [-0.4, -0.2) is 53.3 Å². The Labute approximate surface area is 174 Å². The zero-order valence-electron chi connectivity index (χ0n) is 16.7. The second-order valence-electron chi connectivity index (χ2n) is 8.74. The molecule has 1 fully saturated rings. The Morgan fingerprint density at radius 3 is 2.75 bits per heavy atom. The van der Waals surface area contributed by atoms with Gasteiger partial charge in [0.2, 0.25) is 0 Å². The molecule has 0 aromatic heterocycles. The molecule has 0 atom stereocenters. The summed E-state index contributed by atoms with van der Waals surface area (Å²) in [7, 11) is 0. The molecule has 5 nitrogen and oxygen atoms in total. The molecule has 1 aromatic rings. The van der Waals surface area contributed by atoms with Crippen LogP contribution >= 0.6 is 15.9 Å². The van der Waals surface area contributed by atoms with E-state index in [-0.39, 0.29) is 18.6 Å². The van der Waals surface area contributed by atoms with Gasteiger partial charge in [-0.15, -0.1) is 0 Å². The first-order chi connectivity index (χ1) is 13.1. The van der Waals surface area contributed by atoms with Gasteiger partial charge in [-0.2, -0.15) is 0 Å². The van der Waals surface area contributed by atoms with Gasteiger partial charge in [-0.05, 0) is 67.9 Å². The number of piperidine rings is 1. The van der Waals surface area contributed by atoms with Gasteiger partial charge in [-0.3, -0.25) is 4.79 Å². The summed E-state index contributed by atoms with van der Waals surface area (Å²) in [5.74, 6) is 0.472. The van der Waals surface area contributed by atoms with Crippen molar-refractivity contribution in [2.45, 2.75) is 63.6 Å². The van der Waals surface area contributed by atoms with Crippen molar-refractivity contribution in [3.63, 3.8) is 0 Å². The summed E-state index contributed by atoms with van der Waals surface area (Å²) in [4.78, 5) is 14.9. The Balaban J connectivity index is 1.63. The van der Waals surface area contributed by atoms with E-state index in [1.54, 1.807) is 19.9 Å². The number of nitrogens with two attached hydrogens (primary N) is 1. The van der Waals surface area contributed by atoms with Crippen LogP contribution in [0.25, 0.3) is 0 Å². The van der Waals surface area contributed by atoms with Crippen LogP contribution in [0.15, 0.2) is 10.5 Å². The minimum atomic E-state index is -1.34. The van der Waals surface area contributed by atoms with Crippen molar-refractivity contribution < 1.29 is 19.0 Å². The van der Waals surface area contributed by atoms with Gasteiger partial charge in [0.05, 0.1) is 23.5 Å². The number of nitrogen functional groups attached to an aromatic ring is 1. The third-order valence-electron chi connectivity index (χ3n) is 5.65. The number of alkyl halides is 1. The number of hydrogen-bond acceptors (Lipinski definition) is 5. The fourth-order valence-electron chi connectivity index (χ4n) is 4.12. The summed E-state index contributed by atoms with van der Waals surface area (Å²) in [6.45, 7) is 5.82. The number of anilines is 1. The smallest absolute Gasteiger partial charge is 0.166 e. The molecule has 0 spiro atoms. The minimum Gasteiger partial charge on any atom is -0.492 e. The van der Waals surface area contributed by atoms with Crippen molar-refractivity contribution in [3.8, 4) is 5.75 Å². The number of hydrogen-bond donors (Lipinski definition) is 2. The molecule has 28 heavy (non-hydrogen) atoms. The second-order valence-corrected chi connectivity index (χ2v) is 9.60. The van der Waals surface area contributed by atoms with Gasteiger partial charge in [-0.1, -0.05) is 0 Å². The Morgan fingerprint density at radius 1 is 1.43 bits per heavy atom. The fourth-order valence-corrected chi connectivity index (χ4v) is 4.59. The quantitative estimate of drug-likeness (QED) is 0.501. The Bertz CT molecular complexity index is 740. The maximum Gasteiger partial charge on any atom is 0.166 e. The lowest BCUT2D eigenvalue weighted by Crippen LogP contribution is -2.47. The van der Waals surface area contributed by atoms with E-state index < -0.39 is 11.3 Å². The standard InChI is InChI=1S/C21H30BrFN2O3/c1-20(2,27)13-25-9-7-21(23,8-10-25)6-5-17(26)15-12-16(22)18(24)14-4-3-11-28-19(14)15/h12,27H,3-11,13,24H2,1-2H3. The van der Waals surface area contributed by atoms with Gasteiger partial charge in [0.1, 0.15) is 11.4 Å². The first kappa shape index (κ1) is 21.5. The van der Waals surface area contributed by atoms with Gasteiger partial charge in [0.25, 0.3) is 0 Å². The minimum absolute atomic E-state index is 0.102. The number of Topliss-reactive ketones (excluding diaryl/α,β-unsaturated/α-hetero) is 1. The number of likely N-dealkylation sites (tertiary alicyclic amines) is 1. The maximum absolute atomic E-state index is 15.2. The Kier molecular flexibility index (Phi) is 6.37. The van der Waals surface area contributed by atoms with Crippen molar-refractivity contribution in [1.82, 2.24) is 4.90 Å². The molecule has 7 heteroatoms. The van der Waals surface area contributed by atoms with Crippen molar-refractivity contribution in [2.24, 2.45) is 0 Å². The summed E-state index contributed by atoms with van der Waals surface area (Å²) in [6.07, 6.45) is 2.78. The summed E-state index contributed by atoms with van der Waals surface area (Å²) < 4.78 is 21.7. The third kappa shape index (κ3) is 5.05. The molecule has 1 aromatic carbocycles. The van der Waals surface area contributed by atoms with Crippen LogP contribution < -0.4 is 10.5 Å². The molecule has 0 saturated carbocycles. The number of β-amino-alcohol motifs (C(OH)–C–C–N with tert-alkyl or cyclic N) is 1. The second kappa shape index (κ2) is 8.28. The summed E-state index contributed by atoms with van der Waals surface area (Å²) in [6, 6.07) is 1.71. The molecule has 156 valence electrons. The van der Waals surface area contributed by atoms with E-state index in [2.05, 4.69) is 20.8 Å². The molecule has 2 aliphatic heterocycles. The number of aliphatic hydroxyl groups is 1. The largest absolute Gasteiger partial charge is 0.492 e. The lowest BCUT2D eigenvalue weighted by molar-refractivity contribution is -0.00367. The summed E-state index contributed by atoms with van der Waals surface area (Å²) >= 11 is 3.43. The molecular formula is C21H30BrFN2O3. The zero-order valence-corrected chi connectivity index (χ0v) is 18.3. The first-order valence-corrected chi connectivity index (χ1v) is 10.8. The molecule has 0 radical (unpaired) electrons. The molecule has 3 N–H and O–H groups in total. The maximum atomic E-state index is 15.2. The highest BCUT2D eigenvalue weighted by atomic mass is 79.9. The normalized spacial score (nSPS) is 19.8. The van der Waals surface area contributed by atoms with Crippen LogP contribution in [0.3, 0.4) is 0 Å². The van der Waals surface area contributed by atoms with Crippen LogP contribution in [0.2, 0.25) is 0 Å². The molecular weight excluding hydrogens is 427 g/mol. The lowest BCUT2D eigenvalue weighted by atomic mass is 9.86. The molecule has 2 heterocycles. The van der Waals surface area contributed by atoms with Gasteiger partial charge in [0.15, 0.2) is 5.78 Å². The molecule has 3 rings (SSSR count). The first-order valence-electron chi connectivity index (χ1n) is 9.98. The van der Waals surface area contributed by atoms with Gasteiger partial charge >= 0.3 is 0 Å². The van der Waals surface area contributed by atoms with Crippen molar-refractivity contribution in [1.29, 1.82) is 0 Å². The number of ether oxygens (including phenoxy) is 1. The molecule has 0 amide bonds. The number of benzene rings is 1. The molecule has 0 bridgehead atoms. The van der Waals surface area contributed by atoms with Gasteiger partial charge < -0.3 is 20.5 Å².